The lowest BCUT2D eigenvalue weighted by atomic mass is 10.1. The minimum atomic E-state index is -0.175. The molecule has 3 nitrogen and oxygen atoms in total. The maximum absolute atomic E-state index is 11.7. The molecule has 0 unspecified atom stereocenters. The Morgan fingerprint density at radius 1 is 1.22 bits per heavy atom. The summed E-state index contributed by atoms with van der Waals surface area (Å²) in [7, 11) is 0. The van der Waals surface area contributed by atoms with Gasteiger partial charge in [-0.05, 0) is 40.2 Å². The molecule has 2 N–H and O–H groups in total. The molecule has 0 aliphatic rings. The summed E-state index contributed by atoms with van der Waals surface area (Å²) in [6, 6.07) is 8.53. The number of rotatable bonds is 4. The average Bonchev–Trinajstić information content (AvgIpc) is 2.24. The molecule has 0 heterocycles. The first-order valence-electron chi connectivity index (χ1n) is 6.39. The summed E-state index contributed by atoms with van der Waals surface area (Å²) in [5.74, 6) is 0.0291. The standard InChI is InChI=1S/C15H24N2O/c1-11-6-8-13(9-7-11)12(2)16-10-14(18)17-15(3,4)5/h6-9,12,16H,10H2,1-5H3,(H,17,18)/t12-/m0/s1. The van der Waals surface area contributed by atoms with Crippen molar-refractivity contribution in [1.82, 2.24) is 10.6 Å². The van der Waals surface area contributed by atoms with Crippen molar-refractivity contribution >= 4 is 5.91 Å². The molecular weight excluding hydrogens is 224 g/mol. The lowest BCUT2D eigenvalue weighted by Gasteiger charge is -2.21. The second-order valence-corrected chi connectivity index (χ2v) is 5.81. The summed E-state index contributed by atoms with van der Waals surface area (Å²) in [6.07, 6.45) is 0. The number of aryl methyl sites for hydroxylation is 1. The van der Waals surface area contributed by atoms with Crippen LogP contribution in [0.3, 0.4) is 0 Å². The molecule has 100 valence electrons. The van der Waals surface area contributed by atoms with E-state index in [4.69, 9.17) is 0 Å². The van der Waals surface area contributed by atoms with Gasteiger partial charge in [0.1, 0.15) is 0 Å². The van der Waals surface area contributed by atoms with Crippen LogP contribution >= 0.6 is 0 Å². The highest BCUT2D eigenvalue weighted by molar-refractivity contribution is 5.78. The highest BCUT2D eigenvalue weighted by Gasteiger charge is 2.14. The molecule has 1 aromatic rings. The van der Waals surface area contributed by atoms with Crippen LogP contribution in [0.15, 0.2) is 24.3 Å². The van der Waals surface area contributed by atoms with E-state index in [2.05, 4.69) is 48.7 Å². The van der Waals surface area contributed by atoms with Crippen molar-refractivity contribution in [2.24, 2.45) is 0 Å². The summed E-state index contributed by atoms with van der Waals surface area (Å²) >= 11 is 0. The fraction of sp³-hybridized carbons (Fsp3) is 0.533. The minimum absolute atomic E-state index is 0.0291. The Labute approximate surface area is 110 Å². The molecule has 0 aliphatic heterocycles. The van der Waals surface area contributed by atoms with Gasteiger partial charge in [-0.1, -0.05) is 29.8 Å². The molecule has 1 amide bonds. The van der Waals surface area contributed by atoms with Gasteiger partial charge in [0.2, 0.25) is 5.91 Å². The number of nitrogens with one attached hydrogen (secondary N) is 2. The molecule has 1 aromatic carbocycles. The normalized spacial score (nSPS) is 13.2. The molecule has 3 heteroatoms. The van der Waals surface area contributed by atoms with Crippen LogP contribution in [0.5, 0.6) is 0 Å². The zero-order chi connectivity index (χ0) is 13.8. The molecule has 0 spiro atoms. The summed E-state index contributed by atoms with van der Waals surface area (Å²) < 4.78 is 0. The number of carbonyl (C=O) groups is 1. The van der Waals surface area contributed by atoms with Gasteiger partial charge in [-0.25, -0.2) is 0 Å². The number of amides is 1. The van der Waals surface area contributed by atoms with Gasteiger partial charge in [0, 0.05) is 11.6 Å². The quantitative estimate of drug-likeness (QED) is 0.860. The van der Waals surface area contributed by atoms with Gasteiger partial charge < -0.3 is 10.6 Å². The van der Waals surface area contributed by atoms with Crippen LogP contribution in [0.25, 0.3) is 0 Å². The highest BCUT2D eigenvalue weighted by Crippen LogP contribution is 2.12. The van der Waals surface area contributed by atoms with Crippen LogP contribution in [-0.2, 0) is 4.79 Å². The van der Waals surface area contributed by atoms with Crippen LogP contribution in [0.4, 0.5) is 0 Å². The Kier molecular flexibility index (Phi) is 4.91. The molecule has 0 radical (unpaired) electrons. The highest BCUT2D eigenvalue weighted by atomic mass is 16.2. The third kappa shape index (κ3) is 5.32. The Balaban J connectivity index is 2.44. The molecule has 0 bridgehead atoms. The first-order chi connectivity index (χ1) is 8.28. The van der Waals surface area contributed by atoms with Crippen molar-refractivity contribution in [2.45, 2.75) is 46.2 Å². The second-order valence-electron chi connectivity index (χ2n) is 5.81. The van der Waals surface area contributed by atoms with E-state index < -0.39 is 0 Å². The van der Waals surface area contributed by atoms with Crippen molar-refractivity contribution in [3.8, 4) is 0 Å². The van der Waals surface area contributed by atoms with Gasteiger partial charge in [0.25, 0.3) is 0 Å². The zero-order valence-electron chi connectivity index (χ0n) is 12.0. The molecule has 0 fully saturated rings. The van der Waals surface area contributed by atoms with Gasteiger partial charge >= 0.3 is 0 Å². The van der Waals surface area contributed by atoms with Gasteiger partial charge in [-0.15, -0.1) is 0 Å². The van der Waals surface area contributed by atoms with Crippen LogP contribution in [-0.4, -0.2) is 18.0 Å². The van der Waals surface area contributed by atoms with Crippen molar-refractivity contribution < 1.29 is 4.79 Å². The number of carbonyl (C=O) groups excluding carboxylic acids is 1. The van der Waals surface area contributed by atoms with E-state index in [1.54, 1.807) is 0 Å². The van der Waals surface area contributed by atoms with Crippen molar-refractivity contribution in [3.63, 3.8) is 0 Å². The summed E-state index contributed by atoms with van der Waals surface area (Å²) in [5, 5.41) is 6.16. The maximum atomic E-state index is 11.7. The fourth-order valence-corrected chi connectivity index (χ4v) is 1.68. The van der Waals surface area contributed by atoms with E-state index in [-0.39, 0.29) is 17.5 Å². The van der Waals surface area contributed by atoms with E-state index in [1.807, 2.05) is 20.8 Å². The van der Waals surface area contributed by atoms with Crippen molar-refractivity contribution in [3.05, 3.63) is 35.4 Å². The fourth-order valence-electron chi connectivity index (χ4n) is 1.68. The third-order valence-corrected chi connectivity index (χ3v) is 2.66. The maximum Gasteiger partial charge on any atom is 0.234 e. The van der Waals surface area contributed by atoms with Crippen LogP contribution in [0, 0.1) is 6.92 Å². The smallest absolute Gasteiger partial charge is 0.234 e. The van der Waals surface area contributed by atoms with Crippen LogP contribution in [0.1, 0.15) is 44.9 Å². The molecule has 1 rings (SSSR count). The molecular formula is C15H24N2O. The van der Waals surface area contributed by atoms with Gasteiger partial charge in [0.05, 0.1) is 6.54 Å². The summed E-state index contributed by atoms with van der Waals surface area (Å²) in [4.78, 5) is 11.7. The molecule has 0 aromatic heterocycles. The van der Waals surface area contributed by atoms with E-state index in [9.17, 15) is 4.79 Å². The van der Waals surface area contributed by atoms with Crippen LogP contribution < -0.4 is 10.6 Å². The van der Waals surface area contributed by atoms with Crippen molar-refractivity contribution in [1.29, 1.82) is 0 Å². The largest absolute Gasteiger partial charge is 0.350 e. The van der Waals surface area contributed by atoms with E-state index >= 15 is 0 Å². The van der Waals surface area contributed by atoms with E-state index in [0.29, 0.717) is 6.54 Å². The van der Waals surface area contributed by atoms with E-state index in [0.717, 1.165) is 0 Å². The SMILES string of the molecule is Cc1ccc([C@H](C)NCC(=O)NC(C)(C)C)cc1. The lowest BCUT2D eigenvalue weighted by molar-refractivity contribution is -0.121. The second kappa shape index (κ2) is 6.01. The first-order valence-corrected chi connectivity index (χ1v) is 6.39. The monoisotopic (exact) mass is 248 g/mol. The Hall–Kier alpha value is -1.35. The number of hydrogen-bond acceptors (Lipinski definition) is 2. The van der Waals surface area contributed by atoms with Gasteiger partial charge in [0.15, 0.2) is 0 Å². The predicted octanol–water partition coefficient (Wildman–Crippen LogP) is 2.56. The van der Waals surface area contributed by atoms with Gasteiger partial charge in [-0.3, -0.25) is 4.79 Å². The van der Waals surface area contributed by atoms with Crippen LogP contribution in [0.2, 0.25) is 0 Å². The Bertz CT molecular complexity index is 390. The summed E-state index contributed by atoms with van der Waals surface area (Å²) in [5.41, 5.74) is 2.27. The van der Waals surface area contributed by atoms with Crippen molar-refractivity contribution in [2.75, 3.05) is 6.54 Å². The minimum Gasteiger partial charge on any atom is -0.350 e. The molecule has 0 aliphatic carbocycles. The topological polar surface area (TPSA) is 41.1 Å². The number of hydrogen-bond donors (Lipinski definition) is 2. The van der Waals surface area contributed by atoms with Gasteiger partial charge in [-0.2, -0.15) is 0 Å². The average molecular weight is 248 g/mol. The first kappa shape index (κ1) is 14.7. The predicted molar refractivity (Wildman–Crippen MR) is 75.5 cm³/mol. The Morgan fingerprint density at radius 2 is 1.78 bits per heavy atom. The molecule has 1 atom stereocenters. The number of benzene rings is 1. The Morgan fingerprint density at radius 3 is 2.28 bits per heavy atom. The third-order valence-electron chi connectivity index (χ3n) is 2.66. The van der Waals surface area contributed by atoms with E-state index in [1.165, 1.54) is 11.1 Å². The molecule has 0 saturated heterocycles. The lowest BCUT2D eigenvalue weighted by Crippen LogP contribution is -2.45. The zero-order valence-corrected chi connectivity index (χ0v) is 12.0. The summed E-state index contributed by atoms with van der Waals surface area (Å²) in [6.45, 7) is 10.4. The molecule has 18 heavy (non-hydrogen) atoms. The molecule has 0 saturated carbocycles.